The Balaban J connectivity index is 1.39. The lowest BCUT2D eigenvalue weighted by atomic mass is 10.1. The number of amides is 2. The molecule has 7 nitrogen and oxygen atoms in total. The topological polar surface area (TPSA) is 91.0 Å². The van der Waals surface area contributed by atoms with Crippen molar-refractivity contribution in [2.45, 2.75) is 30.2 Å². The molecule has 0 bridgehead atoms. The molecule has 0 aliphatic carbocycles. The molecule has 2 amide bonds. The van der Waals surface area contributed by atoms with Crippen LogP contribution < -0.4 is 5.32 Å². The van der Waals surface area contributed by atoms with Crippen molar-refractivity contribution >= 4 is 23.6 Å². The van der Waals surface area contributed by atoms with E-state index in [9.17, 15) is 9.59 Å². The summed E-state index contributed by atoms with van der Waals surface area (Å²) in [7, 11) is 0. The number of thioether (sulfide) groups is 1. The van der Waals surface area contributed by atoms with E-state index in [4.69, 9.17) is 0 Å². The number of nitrogens with one attached hydrogen (secondary N) is 2. The number of carbonyl (C=O) groups excluding carboxylic acids is 2. The molecule has 25 heavy (non-hydrogen) atoms. The smallest absolute Gasteiger partial charge is 0.251 e. The summed E-state index contributed by atoms with van der Waals surface area (Å²) in [6, 6.07) is 7.55. The number of rotatable bonds is 8. The van der Waals surface area contributed by atoms with Crippen LogP contribution in [0.15, 0.2) is 35.7 Å². The van der Waals surface area contributed by atoms with Gasteiger partial charge in [-0.25, -0.2) is 4.98 Å². The van der Waals surface area contributed by atoms with Crippen LogP contribution in [0.4, 0.5) is 0 Å². The number of likely N-dealkylation sites (tertiary alicyclic amines) is 1. The van der Waals surface area contributed by atoms with E-state index in [2.05, 4.69) is 20.5 Å². The zero-order valence-corrected chi connectivity index (χ0v) is 14.7. The van der Waals surface area contributed by atoms with Gasteiger partial charge in [0.1, 0.15) is 6.33 Å². The normalized spacial score (nSPS) is 14.1. The molecule has 1 saturated heterocycles. The molecule has 0 unspecified atom stereocenters. The van der Waals surface area contributed by atoms with Gasteiger partial charge in [-0.1, -0.05) is 23.9 Å². The van der Waals surface area contributed by atoms with Crippen LogP contribution >= 0.6 is 11.8 Å². The summed E-state index contributed by atoms with van der Waals surface area (Å²) in [5, 5.41) is 10.3. The minimum absolute atomic E-state index is 0.0813. The molecule has 1 fully saturated rings. The van der Waals surface area contributed by atoms with Crippen LogP contribution in [-0.2, 0) is 10.5 Å². The number of nitrogens with zero attached hydrogens (tertiary/aromatic N) is 3. The first-order chi connectivity index (χ1) is 12.2. The molecule has 1 aromatic carbocycles. The molecular weight excluding hydrogens is 338 g/mol. The Kier molecular flexibility index (Phi) is 6.05. The summed E-state index contributed by atoms with van der Waals surface area (Å²) in [5.74, 6) is 0.910. The van der Waals surface area contributed by atoms with Gasteiger partial charge in [-0.05, 0) is 30.5 Å². The van der Waals surface area contributed by atoms with Gasteiger partial charge in [-0.2, -0.15) is 5.10 Å². The SMILES string of the molecule is O=C(NCCCN1CCCC1=O)c1ccc(CSc2ncn[nH]2)cc1. The highest BCUT2D eigenvalue weighted by Crippen LogP contribution is 2.18. The fourth-order valence-electron chi connectivity index (χ4n) is 2.68. The van der Waals surface area contributed by atoms with Gasteiger partial charge in [0.05, 0.1) is 0 Å². The second-order valence-electron chi connectivity index (χ2n) is 5.87. The summed E-state index contributed by atoms with van der Waals surface area (Å²) in [4.78, 5) is 29.6. The van der Waals surface area contributed by atoms with Crippen LogP contribution in [0, 0.1) is 0 Å². The summed E-state index contributed by atoms with van der Waals surface area (Å²) < 4.78 is 0. The first-order valence-corrected chi connectivity index (χ1v) is 9.34. The van der Waals surface area contributed by atoms with Crippen molar-refractivity contribution in [2.24, 2.45) is 0 Å². The average molecular weight is 359 g/mol. The molecular formula is C17H21N5O2S. The van der Waals surface area contributed by atoms with Gasteiger partial charge >= 0.3 is 0 Å². The number of benzene rings is 1. The van der Waals surface area contributed by atoms with Crippen molar-refractivity contribution < 1.29 is 9.59 Å². The van der Waals surface area contributed by atoms with E-state index in [-0.39, 0.29) is 11.8 Å². The van der Waals surface area contributed by atoms with Crippen LogP contribution in [0.25, 0.3) is 0 Å². The van der Waals surface area contributed by atoms with Crippen LogP contribution in [0.3, 0.4) is 0 Å². The lowest BCUT2D eigenvalue weighted by molar-refractivity contribution is -0.127. The van der Waals surface area contributed by atoms with Crippen molar-refractivity contribution in [2.75, 3.05) is 19.6 Å². The zero-order valence-electron chi connectivity index (χ0n) is 13.9. The Hall–Kier alpha value is -2.35. The maximum atomic E-state index is 12.1. The minimum Gasteiger partial charge on any atom is -0.352 e. The van der Waals surface area contributed by atoms with Crippen molar-refractivity contribution in [3.8, 4) is 0 Å². The van der Waals surface area contributed by atoms with Crippen LogP contribution in [0.2, 0.25) is 0 Å². The molecule has 0 saturated carbocycles. The largest absolute Gasteiger partial charge is 0.352 e. The van der Waals surface area contributed by atoms with E-state index in [1.54, 1.807) is 11.8 Å². The summed E-state index contributed by atoms with van der Waals surface area (Å²) in [6.07, 6.45) is 3.87. The standard InChI is InChI=1S/C17H21N5O2S/c23-15-3-1-9-22(15)10-2-8-18-16(24)14-6-4-13(5-7-14)11-25-17-19-12-20-21-17/h4-7,12H,1-3,8-11H2,(H,18,24)(H,19,20,21). The average Bonchev–Trinajstić information content (AvgIpc) is 3.29. The number of carbonyl (C=O) groups is 2. The molecule has 2 N–H and O–H groups in total. The number of hydrogen-bond acceptors (Lipinski definition) is 5. The van der Waals surface area contributed by atoms with Crippen molar-refractivity contribution in [1.82, 2.24) is 25.4 Å². The van der Waals surface area contributed by atoms with E-state index in [1.807, 2.05) is 29.2 Å². The van der Waals surface area contributed by atoms with E-state index in [0.29, 0.717) is 18.5 Å². The third-order valence-electron chi connectivity index (χ3n) is 4.05. The van der Waals surface area contributed by atoms with Gasteiger partial charge in [-0.3, -0.25) is 14.7 Å². The molecule has 1 aliphatic rings. The second-order valence-corrected chi connectivity index (χ2v) is 6.83. The second kappa shape index (κ2) is 8.66. The maximum absolute atomic E-state index is 12.1. The zero-order chi connectivity index (χ0) is 17.5. The van der Waals surface area contributed by atoms with Crippen molar-refractivity contribution in [3.63, 3.8) is 0 Å². The Morgan fingerprint density at radius 1 is 1.32 bits per heavy atom. The van der Waals surface area contributed by atoms with Gasteiger partial charge in [-0.15, -0.1) is 0 Å². The molecule has 3 rings (SSSR count). The number of aromatic amines is 1. The Morgan fingerprint density at radius 3 is 2.84 bits per heavy atom. The first-order valence-electron chi connectivity index (χ1n) is 8.35. The highest BCUT2D eigenvalue weighted by atomic mass is 32.2. The third-order valence-corrected chi connectivity index (χ3v) is 4.99. The van der Waals surface area contributed by atoms with Crippen LogP contribution in [-0.4, -0.2) is 51.5 Å². The predicted octanol–water partition coefficient (Wildman–Crippen LogP) is 1.84. The van der Waals surface area contributed by atoms with Gasteiger partial charge in [0.25, 0.3) is 5.91 Å². The predicted molar refractivity (Wildman–Crippen MR) is 95.1 cm³/mol. The molecule has 0 atom stereocenters. The number of hydrogen-bond donors (Lipinski definition) is 2. The van der Waals surface area contributed by atoms with E-state index < -0.39 is 0 Å². The van der Waals surface area contributed by atoms with Crippen molar-refractivity contribution in [3.05, 3.63) is 41.7 Å². The quantitative estimate of drug-likeness (QED) is 0.554. The van der Waals surface area contributed by atoms with E-state index >= 15 is 0 Å². The fraction of sp³-hybridized carbons (Fsp3) is 0.412. The van der Waals surface area contributed by atoms with E-state index in [1.165, 1.54) is 6.33 Å². The summed E-state index contributed by atoms with van der Waals surface area (Å²) in [6.45, 7) is 2.14. The summed E-state index contributed by atoms with van der Waals surface area (Å²) in [5.41, 5.74) is 1.76. The third kappa shape index (κ3) is 5.06. The molecule has 2 aromatic rings. The van der Waals surface area contributed by atoms with Crippen LogP contribution in [0.1, 0.15) is 35.2 Å². The molecule has 0 radical (unpaired) electrons. The highest BCUT2D eigenvalue weighted by Gasteiger charge is 2.19. The molecule has 0 spiro atoms. The summed E-state index contributed by atoms with van der Waals surface area (Å²) >= 11 is 1.56. The monoisotopic (exact) mass is 359 g/mol. The van der Waals surface area contributed by atoms with Gasteiger partial charge in [0, 0.05) is 37.4 Å². The van der Waals surface area contributed by atoms with Crippen LogP contribution in [0.5, 0.6) is 0 Å². The molecule has 2 heterocycles. The van der Waals surface area contributed by atoms with Gasteiger partial charge < -0.3 is 10.2 Å². The Morgan fingerprint density at radius 2 is 2.16 bits per heavy atom. The van der Waals surface area contributed by atoms with Gasteiger partial charge in [0.2, 0.25) is 5.91 Å². The Labute approximate surface area is 150 Å². The first kappa shape index (κ1) is 17.5. The minimum atomic E-state index is -0.0813. The number of H-pyrrole nitrogens is 1. The van der Waals surface area contributed by atoms with Gasteiger partial charge in [0.15, 0.2) is 5.16 Å². The maximum Gasteiger partial charge on any atom is 0.251 e. The highest BCUT2D eigenvalue weighted by molar-refractivity contribution is 7.98. The Bertz CT molecular complexity index is 702. The number of aromatic nitrogens is 3. The lowest BCUT2D eigenvalue weighted by Crippen LogP contribution is -2.30. The molecule has 132 valence electrons. The molecule has 1 aromatic heterocycles. The molecule has 8 heteroatoms. The fourth-order valence-corrected chi connectivity index (χ4v) is 3.42. The van der Waals surface area contributed by atoms with Crippen molar-refractivity contribution in [1.29, 1.82) is 0 Å². The van der Waals surface area contributed by atoms with E-state index in [0.717, 1.165) is 42.4 Å². The lowest BCUT2D eigenvalue weighted by Gasteiger charge is -2.15. The molecule has 1 aliphatic heterocycles.